The smallest absolute Gasteiger partial charge is 0.0794 e. The minimum absolute atomic E-state index is 0.587. The number of fused-ring (bicyclic) bond motifs is 1. The fourth-order valence-corrected chi connectivity index (χ4v) is 3.39. The van der Waals surface area contributed by atoms with Gasteiger partial charge in [0.15, 0.2) is 0 Å². The molecule has 2 aliphatic heterocycles. The molecule has 0 spiro atoms. The van der Waals surface area contributed by atoms with Crippen LogP contribution in [0.2, 0.25) is 0 Å². The molecule has 2 atom stereocenters. The van der Waals surface area contributed by atoms with E-state index in [0.29, 0.717) is 6.04 Å². The molecule has 0 bridgehead atoms. The van der Waals surface area contributed by atoms with Crippen LogP contribution in [-0.4, -0.2) is 35.6 Å². The molecule has 1 aromatic rings. The summed E-state index contributed by atoms with van der Waals surface area (Å²) in [7, 11) is 0. The number of hydrogen-bond acceptors (Lipinski definition) is 4. The Morgan fingerprint density at radius 1 is 1.50 bits per heavy atom. The molecule has 1 unspecified atom stereocenters. The largest absolute Gasteiger partial charge is 0.313 e. The number of hydrogen-bond donors (Lipinski definition) is 1. The lowest BCUT2D eigenvalue weighted by Gasteiger charge is -2.37. The highest BCUT2D eigenvalue weighted by atomic mass is 32.1. The average Bonchev–Trinajstić information content (AvgIpc) is 2.88. The van der Waals surface area contributed by atoms with Crippen LogP contribution in [0, 0.1) is 0 Å². The van der Waals surface area contributed by atoms with Crippen LogP contribution < -0.4 is 5.32 Å². The van der Waals surface area contributed by atoms with Crippen molar-refractivity contribution < 1.29 is 0 Å². The van der Waals surface area contributed by atoms with Gasteiger partial charge in [0, 0.05) is 30.2 Å². The van der Waals surface area contributed by atoms with E-state index in [4.69, 9.17) is 0 Å². The molecule has 14 heavy (non-hydrogen) atoms. The highest BCUT2D eigenvalue weighted by molar-refractivity contribution is 7.09. The van der Waals surface area contributed by atoms with E-state index in [1.807, 2.05) is 11.7 Å². The lowest BCUT2D eigenvalue weighted by molar-refractivity contribution is 0.140. The predicted molar refractivity (Wildman–Crippen MR) is 57.5 cm³/mol. The molecule has 2 fully saturated rings. The molecule has 3 rings (SSSR count). The van der Waals surface area contributed by atoms with Gasteiger partial charge in [-0.05, 0) is 19.4 Å². The summed E-state index contributed by atoms with van der Waals surface area (Å²) in [4.78, 5) is 8.25. The fourth-order valence-electron chi connectivity index (χ4n) is 2.65. The van der Waals surface area contributed by atoms with Crippen LogP contribution in [0.5, 0.6) is 0 Å². The molecule has 0 aromatic carbocycles. The van der Waals surface area contributed by atoms with Gasteiger partial charge < -0.3 is 5.32 Å². The van der Waals surface area contributed by atoms with Crippen molar-refractivity contribution in [1.29, 1.82) is 0 Å². The van der Waals surface area contributed by atoms with Crippen LogP contribution in [0.4, 0.5) is 0 Å². The highest BCUT2D eigenvalue weighted by Crippen LogP contribution is 2.32. The van der Waals surface area contributed by atoms with E-state index in [1.165, 1.54) is 30.8 Å². The van der Waals surface area contributed by atoms with Crippen LogP contribution in [0.3, 0.4) is 0 Å². The molecule has 0 saturated carbocycles. The van der Waals surface area contributed by atoms with Crippen molar-refractivity contribution in [3.8, 4) is 0 Å². The van der Waals surface area contributed by atoms with Gasteiger partial charge in [-0.2, -0.15) is 0 Å². The molecule has 4 heteroatoms. The maximum atomic E-state index is 4.18. The van der Waals surface area contributed by atoms with Crippen LogP contribution in [0.25, 0.3) is 0 Å². The molecule has 76 valence electrons. The van der Waals surface area contributed by atoms with Crippen molar-refractivity contribution >= 4 is 11.3 Å². The second-order valence-electron chi connectivity index (χ2n) is 4.11. The zero-order valence-electron chi connectivity index (χ0n) is 8.15. The number of nitrogens with one attached hydrogen (secondary N) is 1. The Morgan fingerprint density at radius 3 is 3.36 bits per heavy atom. The van der Waals surface area contributed by atoms with Gasteiger partial charge in [0.2, 0.25) is 0 Å². The first kappa shape index (κ1) is 8.83. The van der Waals surface area contributed by atoms with E-state index >= 15 is 0 Å². The fraction of sp³-hybridized carbons (Fsp3) is 0.700. The third-order valence-corrected chi connectivity index (χ3v) is 4.20. The summed E-state index contributed by atoms with van der Waals surface area (Å²) in [5.74, 6) is 0. The van der Waals surface area contributed by atoms with Gasteiger partial charge in [-0.25, -0.2) is 0 Å². The molecule has 2 saturated heterocycles. The normalized spacial score (nSPS) is 33.1. The average molecular weight is 209 g/mol. The van der Waals surface area contributed by atoms with Gasteiger partial charge >= 0.3 is 0 Å². The van der Waals surface area contributed by atoms with E-state index in [0.717, 1.165) is 12.6 Å². The molecule has 3 heterocycles. The van der Waals surface area contributed by atoms with E-state index in [2.05, 4.69) is 15.2 Å². The van der Waals surface area contributed by atoms with E-state index in [-0.39, 0.29) is 0 Å². The Balaban J connectivity index is 1.84. The third kappa shape index (κ3) is 1.38. The van der Waals surface area contributed by atoms with Crippen LogP contribution in [0.1, 0.15) is 23.8 Å². The monoisotopic (exact) mass is 209 g/mol. The van der Waals surface area contributed by atoms with E-state index < -0.39 is 0 Å². The SMILES string of the molecule is c1ncc(C2CNC[C@H]3CCCN23)s1. The first-order valence-electron chi connectivity index (χ1n) is 5.30. The van der Waals surface area contributed by atoms with E-state index in [1.54, 1.807) is 11.3 Å². The van der Waals surface area contributed by atoms with Gasteiger partial charge in [0.05, 0.1) is 11.6 Å². The van der Waals surface area contributed by atoms with Gasteiger partial charge in [-0.15, -0.1) is 11.3 Å². The third-order valence-electron chi connectivity index (χ3n) is 3.32. The standard InChI is InChI=1S/C10H15N3S/c1-2-8-4-11-5-9(13(8)3-1)10-6-12-7-14-10/h6-9,11H,1-5H2/t8-,9?/m1/s1. The zero-order valence-corrected chi connectivity index (χ0v) is 8.96. The van der Waals surface area contributed by atoms with Crippen LogP contribution >= 0.6 is 11.3 Å². The van der Waals surface area contributed by atoms with Crippen LogP contribution in [-0.2, 0) is 0 Å². The molecule has 0 radical (unpaired) electrons. The minimum Gasteiger partial charge on any atom is -0.313 e. The van der Waals surface area contributed by atoms with Crippen molar-refractivity contribution in [2.45, 2.75) is 24.9 Å². The Bertz CT molecular complexity index is 298. The summed E-state index contributed by atoms with van der Waals surface area (Å²) in [6.45, 7) is 3.54. The van der Waals surface area contributed by atoms with Crippen molar-refractivity contribution in [3.63, 3.8) is 0 Å². The number of rotatable bonds is 1. The number of thiazole rings is 1. The van der Waals surface area contributed by atoms with E-state index in [9.17, 15) is 0 Å². The second-order valence-corrected chi connectivity index (χ2v) is 5.03. The second kappa shape index (κ2) is 3.61. The summed E-state index contributed by atoms with van der Waals surface area (Å²) in [6.07, 6.45) is 4.75. The van der Waals surface area contributed by atoms with Crippen LogP contribution in [0.15, 0.2) is 11.7 Å². The molecular weight excluding hydrogens is 194 g/mol. The molecule has 3 nitrogen and oxygen atoms in total. The van der Waals surface area contributed by atoms with Crippen molar-refractivity contribution in [2.75, 3.05) is 19.6 Å². The number of aromatic nitrogens is 1. The predicted octanol–water partition coefficient (Wildman–Crippen LogP) is 1.25. The molecular formula is C10H15N3S. The lowest BCUT2D eigenvalue weighted by Crippen LogP contribution is -2.49. The summed E-state index contributed by atoms with van der Waals surface area (Å²) < 4.78 is 0. The maximum Gasteiger partial charge on any atom is 0.0794 e. The highest BCUT2D eigenvalue weighted by Gasteiger charge is 2.34. The minimum atomic E-state index is 0.587. The summed E-state index contributed by atoms with van der Waals surface area (Å²) in [6, 6.07) is 1.36. The van der Waals surface area contributed by atoms with Gasteiger partial charge in [-0.3, -0.25) is 9.88 Å². The molecule has 0 aliphatic carbocycles. The first-order valence-corrected chi connectivity index (χ1v) is 6.18. The van der Waals surface area contributed by atoms with Crippen molar-refractivity contribution in [1.82, 2.24) is 15.2 Å². The lowest BCUT2D eigenvalue weighted by atomic mass is 10.1. The molecule has 1 N–H and O–H groups in total. The summed E-state index contributed by atoms with van der Waals surface area (Å²) >= 11 is 1.79. The Hall–Kier alpha value is -0.450. The maximum absolute atomic E-state index is 4.18. The van der Waals surface area contributed by atoms with Gasteiger partial charge in [-0.1, -0.05) is 0 Å². The molecule has 2 aliphatic rings. The zero-order chi connectivity index (χ0) is 9.38. The van der Waals surface area contributed by atoms with Gasteiger partial charge in [0.25, 0.3) is 0 Å². The topological polar surface area (TPSA) is 28.2 Å². The number of piperazine rings is 1. The Morgan fingerprint density at radius 2 is 2.50 bits per heavy atom. The number of nitrogens with zero attached hydrogens (tertiary/aromatic N) is 2. The molecule has 0 amide bonds. The van der Waals surface area contributed by atoms with Crippen molar-refractivity contribution in [3.05, 3.63) is 16.6 Å². The summed E-state index contributed by atoms with van der Waals surface area (Å²) in [5.41, 5.74) is 1.94. The quantitative estimate of drug-likeness (QED) is 0.754. The Labute approximate surface area is 88.1 Å². The first-order chi connectivity index (χ1) is 6.95. The molecule has 1 aromatic heterocycles. The van der Waals surface area contributed by atoms with Gasteiger partial charge in [0.1, 0.15) is 0 Å². The summed E-state index contributed by atoms with van der Waals surface area (Å²) in [5, 5.41) is 3.53. The Kier molecular flexibility index (Phi) is 2.27. The van der Waals surface area contributed by atoms with Crippen molar-refractivity contribution in [2.24, 2.45) is 0 Å².